The Balaban J connectivity index is 2.27. The molecule has 0 fully saturated rings. The number of aromatic nitrogens is 1. The summed E-state index contributed by atoms with van der Waals surface area (Å²) in [6.07, 6.45) is 0.709. The lowest BCUT2D eigenvalue weighted by Crippen LogP contribution is -2.43. The van der Waals surface area contributed by atoms with Gasteiger partial charge in [-0.25, -0.2) is 5.84 Å². The number of fused-ring (bicyclic) bond motifs is 3. The third-order valence-corrected chi connectivity index (χ3v) is 5.76. The van der Waals surface area contributed by atoms with Crippen molar-refractivity contribution in [3.63, 3.8) is 0 Å². The molecule has 32 heavy (non-hydrogen) atoms. The first-order valence-electron chi connectivity index (χ1n) is 10.7. The van der Waals surface area contributed by atoms with Gasteiger partial charge in [0.25, 0.3) is 5.91 Å². The number of hydrogen-bond donors (Lipinski definition) is 3. The number of carbonyl (C=O) groups is 1. The lowest BCUT2D eigenvalue weighted by molar-refractivity contribution is 0.0644. The fraction of sp³-hybridized carbons (Fsp3) is 0.478. The van der Waals surface area contributed by atoms with E-state index in [0.29, 0.717) is 35.1 Å². The molecule has 0 aliphatic carbocycles. The highest BCUT2D eigenvalue weighted by Crippen LogP contribution is 2.42. The Labute approximate surface area is 189 Å². The van der Waals surface area contributed by atoms with Crippen LogP contribution in [0.25, 0.3) is 11.3 Å². The summed E-state index contributed by atoms with van der Waals surface area (Å²) in [4.78, 5) is 15.2. The highest BCUT2D eigenvalue weighted by molar-refractivity contribution is 6.07. The predicted molar refractivity (Wildman–Crippen MR) is 126 cm³/mol. The van der Waals surface area contributed by atoms with E-state index in [-0.39, 0.29) is 17.6 Å². The van der Waals surface area contributed by atoms with E-state index in [2.05, 4.69) is 10.5 Å². The molecule has 1 aromatic carbocycles. The van der Waals surface area contributed by atoms with E-state index in [1.54, 1.807) is 25.1 Å². The molecule has 0 bridgehead atoms. The molecule has 0 atom stereocenters. The van der Waals surface area contributed by atoms with Crippen LogP contribution in [0.1, 0.15) is 56.2 Å². The van der Waals surface area contributed by atoms with E-state index in [9.17, 15) is 4.79 Å². The molecular weight excluding hydrogens is 408 g/mol. The first kappa shape index (κ1) is 23.5. The van der Waals surface area contributed by atoms with Gasteiger partial charge in [0.1, 0.15) is 5.69 Å². The lowest BCUT2D eigenvalue weighted by Gasteiger charge is -2.32. The largest absolute Gasteiger partial charge is 0.493 e. The summed E-state index contributed by atoms with van der Waals surface area (Å²) in [5, 5.41) is 3.81. The average Bonchev–Trinajstić information content (AvgIpc) is 3.12. The number of hydrazine groups is 1. The normalized spacial score (nSPS) is 13.5. The molecule has 0 saturated heterocycles. The molecule has 1 aliphatic rings. The zero-order chi connectivity index (χ0) is 23.8. The summed E-state index contributed by atoms with van der Waals surface area (Å²) >= 11 is 0. The summed E-state index contributed by atoms with van der Waals surface area (Å²) < 4.78 is 13.6. The van der Waals surface area contributed by atoms with E-state index < -0.39 is 0 Å². The Morgan fingerprint density at radius 3 is 2.47 bits per heavy atom. The molecular formula is C23H34N6O3. The van der Waals surface area contributed by atoms with E-state index in [0.717, 1.165) is 23.2 Å². The summed E-state index contributed by atoms with van der Waals surface area (Å²) in [6.45, 7) is 10.5. The topological polar surface area (TPSA) is 120 Å². The van der Waals surface area contributed by atoms with Gasteiger partial charge in [-0.15, -0.1) is 0 Å². The van der Waals surface area contributed by atoms with Crippen LogP contribution in [0.3, 0.4) is 0 Å². The Morgan fingerprint density at radius 1 is 1.25 bits per heavy atom. The van der Waals surface area contributed by atoms with Crippen LogP contribution in [0.4, 0.5) is 0 Å². The van der Waals surface area contributed by atoms with Gasteiger partial charge >= 0.3 is 0 Å². The minimum atomic E-state index is -0.336. The number of nitrogens with two attached hydrogens (primary N) is 2. The average molecular weight is 443 g/mol. The molecule has 174 valence electrons. The van der Waals surface area contributed by atoms with Crippen molar-refractivity contribution in [1.29, 1.82) is 0 Å². The molecule has 9 heteroatoms. The fourth-order valence-corrected chi connectivity index (χ4v) is 3.86. The molecule has 1 aliphatic heterocycles. The summed E-state index contributed by atoms with van der Waals surface area (Å²) in [6, 6.07) is 5.74. The minimum Gasteiger partial charge on any atom is -0.493 e. The molecule has 0 spiro atoms. The number of ether oxygens (including phenoxy) is 2. The molecule has 0 saturated carbocycles. The SMILES string of the molecule is COc1cc2c(cc1OC(C)C)-c1c(/C(=N/N)NN)cc(C(=O)N(C)C(C)(C)C)n1CC2. The highest BCUT2D eigenvalue weighted by Gasteiger charge is 2.32. The van der Waals surface area contributed by atoms with Crippen molar-refractivity contribution in [3.05, 3.63) is 35.0 Å². The number of hydrazone groups is 1. The predicted octanol–water partition coefficient (Wildman–Crippen LogP) is 2.46. The van der Waals surface area contributed by atoms with Gasteiger partial charge < -0.3 is 30.2 Å². The number of nitrogens with zero attached hydrogens (tertiary/aromatic N) is 3. The van der Waals surface area contributed by atoms with Crippen molar-refractivity contribution in [2.24, 2.45) is 16.8 Å². The van der Waals surface area contributed by atoms with E-state index in [1.165, 1.54) is 0 Å². The number of amides is 1. The summed E-state index contributed by atoms with van der Waals surface area (Å²) in [5.74, 6) is 12.8. The van der Waals surface area contributed by atoms with Crippen LogP contribution in [0.5, 0.6) is 11.5 Å². The Morgan fingerprint density at radius 2 is 1.94 bits per heavy atom. The van der Waals surface area contributed by atoms with Gasteiger partial charge in [-0.3, -0.25) is 4.79 Å². The quantitative estimate of drug-likeness (QED) is 0.283. The number of methoxy groups -OCH3 is 1. The van der Waals surface area contributed by atoms with Crippen molar-refractivity contribution < 1.29 is 14.3 Å². The molecule has 0 unspecified atom stereocenters. The van der Waals surface area contributed by atoms with Crippen molar-refractivity contribution in [1.82, 2.24) is 14.9 Å². The maximum absolute atomic E-state index is 13.4. The Hall–Kier alpha value is -3.20. The zero-order valence-electron chi connectivity index (χ0n) is 19.9. The first-order valence-corrected chi connectivity index (χ1v) is 10.7. The molecule has 3 rings (SSSR count). The van der Waals surface area contributed by atoms with Crippen molar-refractivity contribution in [2.45, 2.75) is 59.2 Å². The second kappa shape index (κ2) is 8.74. The van der Waals surface area contributed by atoms with E-state index >= 15 is 0 Å². The van der Waals surface area contributed by atoms with Crippen LogP contribution in [0, 0.1) is 0 Å². The van der Waals surface area contributed by atoms with E-state index in [1.807, 2.05) is 51.3 Å². The van der Waals surface area contributed by atoms with Crippen LogP contribution >= 0.6 is 0 Å². The van der Waals surface area contributed by atoms with Crippen molar-refractivity contribution in [3.8, 4) is 22.8 Å². The second-order valence-electron chi connectivity index (χ2n) is 9.18. The monoisotopic (exact) mass is 442 g/mol. The molecule has 2 aromatic rings. The van der Waals surface area contributed by atoms with Gasteiger partial charge in [0, 0.05) is 30.3 Å². The summed E-state index contributed by atoms with van der Waals surface area (Å²) in [7, 11) is 3.43. The number of rotatable bonds is 5. The van der Waals surface area contributed by atoms with Crippen LogP contribution < -0.4 is 26.6 Å². The maximum atomic E-state index is 13.4. The van der Waals surface area contributed by atoms with Crippen LogP contribution in [0.2, 0.25) is 0 Å². The standard InChI is InChI=1S/C23H34N6O3/c1-13(2)32-19-12-15-14(10-18(19)31-7)8-9-29-17(22(30)28(6)23(3,4)5)11-16(20(15)29)21(26-24)27-25/h10-13H,8-9,24-25H2,1-7H3,(H,26,27). The van der Waals surface area contributed by atoms with Crippen LogP contribution in [-0.4, -0.2) is 47.0 Å². The molecule has 0 radical (unpaired) electrons. The fourth-order valence-electron chi connectivity index (χ4n) is 3.86. The maximum Gasteiger partial charge on any atom is 0.270 e. The highest BCUT2D eigenvalue weighted by atomic mass is 16.5. The molecule has 5 N–H and O–H groups in total. The molecule has 1 aromatic heterocycles. The number of amidine groups is 1. The van der Waals surface area contributed by atoms with Gasteiger partial charge in [-0.2, -0.15) is 5.10 Å². The van der Waals surface area contributed by atoms with Crippen LogP contribution in [-0.2, 0) is 13.0 Å². The summed E-state index contributed by atoms with van der Waals surface area (Å²) in [5.41, 5.74) is 6.26. The molecule has 1 amide bonds. The third kappa shape index (κ3) is 4.12. The van der Waals surface area contributed by atoms with Crippen LogP contribution in [0.15, 0.2) is 23.3 Å². The number of nitrogens with one attached hydrogen (secondary N) is 1. The smallest absolute Gasteiger partial charge is 0.270 e. The molecule has 9 nitrogen and oxygen atoms in total. The van der Waals surface area contributed by atoms with Gasteiger partial charge in [0.15, 0.2) is 17.3 Å². The lowest BCUT2D eigenvalue weighted by atomic mass is 9.95. The van der Waals surface area contributed by atoms with Gasteiger partial charge in [-0.05, 0) is 64.8 Å². The minimum absolute atomic E-state index is 0.0266. The van der Waals surface area contributed by atoms with Gasteiger partial charge in [-0.1, -0.05) is 0 Å². The number of hydrogen-bond acceptors (Lipinski definition) is 6. The van der Waals surface area contributed by atoms with E-state index in [4.69, 9.17) is 21.2 Å². The van der Waals surface area contributed by atoms with Gasteiger partial charge in [0.05, 0.1) is 18.9 Å². The van der Waals surface area contributed by atoms with Crippen molar-refractivity contribution >= 4 is 11.7 Å². The number of benzene rings is 1. The number of carbonyl (C=O) groups excluding carboxylic acids is 1. The number of aryl methyl sites for hydroxylation is 1. The first-order chi connectivity index (χ1) is 15.0. The molecule has 2 heterocycles. The third-order valence-electron chi connectivity index (χ3n) is 5.76. The zero-order valence-corrected chi connectivity index (χ0v) is 19.9. The second-order valence-corrected chi connectivity index (χ2v) is 9.18. The van der Waals surface area contributed by atoms with Gasteiger partial charge in [0.2, 0.25) is 0 Å². The Kier molecular flexibility index (Phi) is 6.41. The Bertz CT molecular complexity index is 1050. The van der Waals surface area contributed by atoms with Crippen molar-refractivity contribution in [2.75, 3.05) is 14.2 Å².